The first-order chi connectivity index (χ1) is 16.4. The summed E-state index contributed by atoms with van der Waals surface area (Å²) in [6.07, 6.45) is 8.25. The number of carboxylic acid groups (broad SMARTS) is 3. The van der Waals surface area contributed by atoms with E-state index in [1.165, 1.54) is 0 Å². The van der Waals surface area contributed by atoms with E-state index in [4.69, 9.17) is 15.3 Å². The van der Waals surface area contributed by atoms with Crippen LogP contribution in [0.5, 0.6) is 0 Å². The fourth-order valence-corrected chi connectivity index (χ4v) is 3.12. The third kappa shape index (κ3) is 16.5. The molecule has 0 unspecified atom stereocenters. The Morgan fingerprint density at radius 2 is 0.735 bits per heavy atom. The van der Waals surface area contributed by atoms with Gasteiger partial charge in [0.15, 0.2) is 0 Å². The van der Waals surface area contributed by atoms with E-state index in [0.29, 0.717) is 56.7 Å². The molecule has 1 aromatic heterocycles. The van der Waals surface area contributed by atoms with Gasteiger partial charge in [-0.15, -0.1) is 0 Å². The smallest absolute Gasteiger partial charge is 0.303 e. The van der Waals surface area contributed by atoms with Crippen molar-refractivity contribution in [3.8, 4) is 0 Å². The second-order valence-corrected chi connectivity index (χ2v) is 8.05. The summed E-state index contributed by atoms with van der Waals surface area (Å²) in [4.78, 5) is 44.9. The van der Waals surface area contributed by atoms with Crippen LogP contribution in [0.1, 0.15) is 83.5 Å². The van der Waals surface area contributed by atoms with Crippen molar-refractivity contribution >= 4 is 35.8 Å². The highest BCUT2D eigenvalue weighted by molar-refractivity contribution is 5.67. The number of carboxylic acids is 3. The Labute approximate surface area is 200 Å². The van der Waals surface area contributed by atoms with E-state index >= 15 is 0 Å². The molecule has 1 aromatic rings. The molecule has 6 N–H and O–H groups in total. The molecule has 0 aliphatic carbocycles. The highest BCUT2D eigenvalue weighted by Gasteiger charge is 2.07. The first kappa shape index (κ1) is 28.9. The van der Waals surface area contributed by atoms with E-state index in [1.54, 1.807) is 0 Å². The van der Waals surface area contributed by atoms with Gasteiger partial charge in [-0.05, 0) is 38.5 Å². The lowest BCUT2D eigenvalue weighted by Crippen LogP contribution is -2.14. The topological polar surface area (TPSA) is 187 Å². The second-order valence-electron chi connectivity index (χ2n) is 8.05. The number of rotatable bonds is 22. The van der Waals surface area contributed by atoms with E-state index in [1.807, 2.05) is 0 Å². The van der Waals surface area contributed by atoms with Crippen LogP contribution in [-0.2, 0) is 14.4 Å². The first-order valence-corrected chi connectivity index (χ1v) is 12.0. The maximum atomic E-state index is 10.6. The second kappa shape index (κ2) is 18.3. The van der Waals surface area contributed by atoms with E-state index in [0.717, 1.165) is 44.9 Å². The first-order valence-electron chi connectivity index (χ1n) is 12.0. The summed E-state index contributed by atoms with van der Waals surface area (Å²) in [5.74, 6) is -1.08. The molecule has 0 spiro atoms. The van der Waals surface area contributed by atoms with Crippen LogP contribution in [0, 0.1) is 0 Å². The molecular weight excluding hydrogens is 444 g/mol. The predicted octanol–water partition coefficient (Wildman–Crippen LogP) is 3.43. The SMILES string of the molecule is O=C(O)CCCCCCNc1nc(NCCCCCC(=O)O)nc(NCCCCCC(=O)O)n1. The summed E-state index contributed by atoms with van der Waals surface area (Å²) in [6, 6.07) is 0. The van der Waals surface area contributed by atoms with Crippen LogP contribution in [0.3, 0.4) is 0 Å². The van der Waals surface area contributed by atoms with Gasteiger partial charge in [0, 0.05) is 38.9 Å². The molecule has 0 amide bonds. The van der Waals surface area contributed by atoms with Crippen molar-refractivity contribution in [2.24, 2.45) is 0 Å². The van der Waals surface area contributed by atoms with Crippen LogP contribution < -0.4 is 16.0 Å². The van der Waals surface area contributed by atoms with E-state index in [9.17, 15) is 14.4 Å². The Kier molecular flexibility index (Phi) is 15.5. The molecule has 192 valence electrons. The van der Waals surface area contributed by atoms with Gasteiger partial charge in [0.05, 0.1) is 0 Å². The molecule has 34 heavy (non-hydrogen) atoms. The summed E-state index contributed by atoms with van der Waals surface area (Å²) in [5, 5.41) is 35.6. The van der Waals surface area contributed by atoms with Crippen LogP contribution in [0.4, 0.5) is 17.8 Å². The zero-order chi connectivity index (χ0) is 25.0. The molecule has 0 aliphatic rings. The van der Waals surface area contributed by atoms with Crippen molar-refractivity contribution in [1.29, 1.82) is 0 Å². The van der Waals surface area contributed by atoms with Gasteiger partial charge >= 0.3 is 17.9 Å². The number of nitrogens with one attached hydrogen (secondary N) is 3. The monoisotopic (exact) mass is 482 g/mol. The Hall–Kier alpha value is -3.18. The Balaban J connectivity index is 2.49. The van der Waals surface area contributed by atoms with Crippen molar-refractivity contribution in [3.05, 3.63) is 0 Å². The van der Waals surface area contributed by atoms with Gasteiger partial charge in [-0.2, -0.15) is 15.0 Å². The van der Waals surface area contributed by atoms with Gasteiger partial charge in [-0.3, -0.25) is 14.4 Å². The zero-order valence-electron chi connectivity index (χ0n) is 19.7. The average molecular weight is 483 g/mol. The maximum Gasteiger partial charge on any atom is 0.303 e. The lowest BCUT2D eigenvalue weighted by molar-refractivity contribution is -0.138. The molecule has 0 aromatic carbocycles. The minimum atomic E-state index is -0.790. The van der Waals surface area contributed by atoms with Gasteiger partial charge in [0.25, 0.3) is 0 Å². The number of nitrogens with zero attached hydrogens (tertiary/aromatic N) is 3. The number of carbonyl (C=O) groups is 3. The lowest BCUT2D eigenvalue weighted by atomic mass is 10.1. The van der Waals surface area contributed by atoms with Gasteiger partial charge in [0.2, 0.25) is 17.8 Å². The van der Waals surface area contributed by atoms with Gasteiger partial charge < -0.3 is 31.3 Å². The van der Waals surface area contributed by atoms with Crippen LogP contribution in [0.2, 0.25) is 0 Å². The van der Waals surface area contributed by atoms with Crippen LogP contribution in [0.15, 0.2) is 0 Å². The molecule has 0 saturated heterocycles. The molecule has 0 fully saturated rings. The maximum absolute atomic E-state index is 10.6. The number of hydrogen-bond acceptors (Lipinski definition) is 9. The van der Waals surface area contributed by atoms with Gasteiger partial charge in [-0.1, -0.05) is 25.7 Å². The number of aliphatic carboxylic acids is 3. The van der Waals surface area contributed by atoms with Crippen molar-refractivity contribution in [1.82, 2.24) is 15.0 Å². The molecule has 12 nitrogen and oxygen atoms in total. The van der Waals surface area contributed by atoms with Crippen molar-refractivity contribution in [2.45, 2.75) is 83.5 Å². The minimum absolute atomic E-state index is 0.163. The molecule has 12 heteroatoms. The molecular formula is C22H38N6O6. The summed E-state index contributed by atoms with van der Waals surface area (Å²) in [5.41, 5.74) is 0. The quantitative estimate of drug-likeness (QED) is 0.132. The third-order valence-electron chi connectivity index (χ3n) is 4.94. The minimum Gasteiger partial charge on any atom is -0.481 e. The summed E-state index contributed by atoms with van der Waals surface area (Å²) >= 11 is 0. The molecule has 1 rings (SSSR count). The van der Waals surface area contributed by atoms with Crippen LogP contribution in [-0.4, -0.2) is 67.8 Å². The third-order valence-corrected chi connectivity index (χ3v) is 4.94. The number of unbranched alkanes of at least 4 members (excludes halogenated alkanes) is 7. The van der Waals surface area contributed by atoms with Gasteiger partial charge in [-0.25, -0.2) is 0 Å². The number of aromatic nitrogens is 3. The Bertz CT molecular complexity index is 704. The molecule has 1 heterocycles. The Morgan fingerprint density at radius 3 is 1.03 bits per heavy atom. The van der Waals surface area contributed by atoms with Crippen molar-refractivity contribution < 1.29 is 29.7 Å². The van der Waals surface area contributed by atoms with E-state index < -0.39 is 17.9 Å². The van der Waals surface area contributed by atoms with E-state index in [2.05, 4.69) is 30.9 Å². The average Bonchev–Trinajstić information content (AvgIpc) is 2.77. The van der Waals surface area contributed by atoms with Crippen LogP contribution in [0.25, 0.3) is 0 Å². The summed E-state index contributed by atoms with van der Waals surface area (Å²) in [7, 11) is 0. The number of hydrogen-bond donors (Lipinski definition) is 6. The molecule has 0 saturated carbocycles. The number of anilines is 3. The molecule has 0 atom stereocenters. The highest BCUT2D eigenvalue weighted by atomic mass is 16.4. The summed E-state index contributed by atoms with van der Waals surface area (Å²) < 4.78 is 0. The standard InChI is InChI=1S/C22H38N6O6/c29-17(30)11-5-1-2-8-14-23-20-26-21(24-15-9-3-6-12-18(31)32)28-22(27-20)25-16-10-4-7-13-19(33)34/h1-16H2,(H,29,30)(H,31,32)(H,33,34)(H3,23,24,25,26,27,28). The normalized spacial score (nSPS) is 10.6. The van der Waals surface area contributed by atoms with Crippen LogP contribution >= 0.6 is 0 Å². The molecule has 0 bridgehead atoms. The fourth-order valence-electron chi connectivity index (χ4n) is 3.12. The van der Waals surface area contributed by atoms with Crippen molar-refractivity contribution in [3.63, 3.8) is 0 Å². The van der Waals surface area contributed by atoms with E-state index in [-0.39, 0.29) is 19.3 Å². The van der Waals surface area contributed by atoms with Gasteiger partial charge in [0.1, 0.15) is 0 Å². The summed E-state index contributed by atoms with van der Waals surface area (Å²) in [6.45, 7) is 1.88. The highest BCUT2D eigenvalue weighted by Crippen LogP contribution is 2.12. The predicted molar refractivity (Wildman–Crippen MR) is 128 cm³/mol. The fraction of sp³-hybridized carbons (Fsp3) is 0.727. The molecule has 0 aliphatic heterocycles. The van der Waals surface area contributed by atoms with Crippen molar-refractivity contribution in [2.75, 3.05) is 35.6 Å². The largest absolute Gasteiger partial charge is 0.481 e. The lowest BCUT2D eigenvalue weighted by Gasteiger charge is -2.11. The molecule has 0 radical (unpaired) electrons. The zero-order valence-corrected chi connectivity index (χ0v) is 19.7. The Morgan fingerprint density at radius 1 is 0.471 bits per heavy atom.